The molecule has 136 valence electrons. The van der Waals surface area contributed by atoms with Gasteiger partial charge in [-0.3, -0.25) is 9.59 Å². The van der Waals surface area contributed by atoms with Crippen molar-refractivity contribution in [2.45, 2.75) is 50.5 Å². The van der Waals surface area contributed by atoms with E-state index in [0.717, 1.165) is 37.6 Å². The van der Waals surface area contributed by atoms with Crippen LogP contribution in [0.15, 0.2) is 18.2 Å². The number of rotatable bonds is 5. The number of imidazole rings is 1. The highest BCUT2D eigenvalue weighted by molar-refractivity contribution is 5.98. The maximum absolute atomic E-state index is 12.7. The van der Waals surface area contributed by atoms with Crippen molar-refractivity contribution in [3.63, 3.8) is 0 Å². The topological polar surface area (TPSA) is 121 Å². The Morgan fingerprint density at radius 3 is 2.68 bits per heavy atom. The van der Waals surface area contributed by atoms with Crippen LogP contribution in [0.25, 0.3) is 11.0 Å². The molecule has 1 aliphatic rings. The lowest BCUT2D eigenvalue weighted by molar-refractivity contribution is -0.137. The molecule has 2 aromatic rings. The normalized spacial score (nSPS) is 16.2. The molecule has 8 heteroatoms. The zero-order valence-corrected chi connectivity index (χ0v) is 14.7. The second-order valence-electron chi connectivity index (χ2n) is 6.54. The van der Waals surface area contributed by atoms with Gasteiger partial charge < -0.3 is 21.1 Å². The largest absolute Gasteiger partial charge is 0.481 e. The smallest absolute Gasteiger partial charge is 0.303 e. The van der Waals surface area contributed by atoms with Crippen LogP contribution >= 0.6 is 12.4 Å². The summed E-state index contributed by atoms with van der Waals surface area (Å²) in [6, 6.07) is 5.20. The first-order chi connectivity index (χ1) is 11.5. The molecule has 0 bridgehead atoms. The van der Waals surface area contributed by atoms with Gasteiger partial charge >= 0.3 is 5.97 Å². The van der Waals surface area contributed by atoms with E-state index in [2.05, 4.69) is 15.3 Å². The van der Waals surface area contributed by atoms with Crippen molar-refractivity contribution >= 4 is 41.3 Å². The molecule has 0 saturated heterocycles. The van der Waals surface area contributed by atoms with E-state index >= 15 is 0 Å². The number of nitrogen functional groups attached to an aromatic ring is 1. The Morgan fingerprint density at radius 2 is 2.00 bits per heavy atom. The summed E-state index contributed by atoms with van der Waals surface area (Å²) in [7, 11) is 0. The Kier molecular flexibility index (Phi) is 5.89. The van der Waals surface area contributed by atoms with Crippen LogP contribution in [-0.4, -0.2) is 32.5 Å². The van der Waals surface area contributed by atoms with Crippen molar-refractivity contribution in [3.05, 3.63) is 23.8 Å². The number of aromatic amines is 1. The maximum Gasteiger partial charge on any atom is 0.303 e. The van der Waals surface area contributed by atoms with E-state index in [9.17, 15) is 9.59 Å². The van der Waals surface area contributed by atoms with E-state index in [1.54, 1.807) is 18.2 Å². The highest BCUT2D eigenvalue weighted by Gasteiger charge is 2.34. The minimum Gasteiger partial charge on any atom is -0.481 e. The second kappa shape index (κ2) is 7.74. The number of H-pyrrole nitrogens is 1. The highest BCUT2D eigenvalue weighted by atomic mass is 35.5. The van der Waals surface area contributed by atoms with Gasteiger partial charge in [0.1, 0.15) is 0 Å². The Balaban J connectivity index is 0.00000225. The Morgan fingerprint density at radius 1 is 1.28 bits per heavy atom. The first kappa shape index (κ1) is 19.1. The molecule has 0 unspecified atom stereocenters. The minimum atomic E-state index is -0.831. The van der Waals surface area contributed by atoms with Gasteiger partial charge in [0.05, 0.1) is 11.0 Å². The van der Waals surface area contributed by atoms with Gasteiger partial charge in [0.2, 0.25) is 0 Å². The molecule has 1 heterocycles. The van der Waals surface area contributed by atoms with Crippen LogP contribution < -0.4 is 11.1 Å². The number of benzene rings is 1. The van der Waals surface area contributed by atoms with Crippen LogP contribution in [0.5, 0.6) is 0 Å². The molecule has 7 nitrogen and oxygen atoms in total. The molecule has 5 N–H and O–H groups in total. The van der Waals surface area contributed by atoms with E-state index in [4.69, 9.17) is 10.8 Å². The van der Waals surface area contributed by atoms with Crippen LogP contribution in [0, 0.1) is 0 Å². The molecular weight excluding hydrogens is 344 g/mol. The van der Waals surface area contributed by atoms with Crippen LogP contribution in [0.1, 0.15) is 55.3 Å². The van der Waals surface area contributed by atoms with E-state index in [1.165, 1.54) is 0 Å². The molecule has 25 heavy (non-hydrogen) atoms. The predicted octanol–water partition coefficient (Wildman–Crippen LogP) is 2.86. The van der Waals surface area contributed by atoms with E-state index in [-0.39, 0.29) is 24.7 Å². The number of fused-ring (bicyclic) bond motifs is 1. The molecule has 1 aromatic carbocycles. The average Bonchev–Trinajstić information content (AvgIpc) is 2.93. The molecule has 0 aliphatic heterocycles. The summed E-state index contributed by atoms with van der Waals surface area (Å²) >= 11 is 0. The number of hydrogen-bond acceptors (Lipinski definition) is 4. The first-order valence-electron chi connectivity index (χ1n) is 8.27. The predicted molar refractivity (Wildman–Crippen MR) is 97.9 cm³/mol. The SMILES string of the molecule is Cl.Nc1nc2cc(C(=O)NC3(CCC(=O)O)CCCCC3)ccc2[nH]1. The molecule has 1 saturated carbocycles. The van der Waals surface area contributed by atoms with Gasteiger partial charge in [-0.1, -0.05) is 19.3 Å². The number of carboxylic acid groups (broad SMARTS) is 1. The molecule has 1 aliphatic carbocycles. The molecule has 0 radical (unpaired) electrons. The maximum atomic E-state index is 12.7. The summed E-state index contributed by atoms with van der Waals surface area (Å²) in [5.74, 6) is -0.707. The number of nitrogens with two attached hydrogens (primary N) is 1. The lowest BCUT2D eigenvalue weighted by atomic mass is 9.78. The van der Waals surface area contributed by atoms with Gasteiger partial charge in [0.15, 0.2) is 5.95 Å². The Bertz CT molecular complexity index is 768. The fourth-order valence-electron chi connectivity index (χ4n) is 3.49. The monoisotopic (exact) mass is 366 g/mol. The lowest BCUT2D eigenvalue weighted by Crippen LogP contribution is -2.50. The van der Waals surface area contributed by atoms with E-state index < -0.39 is 11.5 Å². The second-order valence-corrected chi connectivity index (χ2v) is 6.54. The summed E-state index contributed by atoms with van der Waals surface area (Å²) in [6.45, 7) is 0. The number of aliphatic carboxylic acids is 1. The highest BCUT2D eigenvalue weighted by Crippen LogP contribution is 2.32. The number of nitrogens with one attached hydrogen (secondary N) is 2. The number of amides is 1. The van der Waals surface area contributed by atoms with Crippen LogP contribution in [-0.2, 0) is 4.79 Å². The zero-order chi connectivity index (χ0) is 17.2. The van der Waals surface area contributed by atoms with Crippen LogP contribution in [0.2, 0.25) is 0 Å². The third kappa shape index (κ3) is 4.42. The van der Waals surface area contributed by atoms with Crippen LogP contribution in [0.4, 0.5) is 5.95 Å². The third-order valence-electron chi connectivity index (χ3n) is 4.77. The number of carbonyl (C=O) groups is 2. The van der Waals surface area contributed by atoms with E-state index in [1.807, 2.05) is 0 Å². The summed E-state index contributed by atoms with van der Waals surface area (Å²) in [5, 5.41) is 12.1. The minimum absolute atomic E-state index is 0. The molecule has 1 aromatic heterocycles. The quantitative estimate of drug-likeness (QED) is 0.648. The number of anilines is 1. The van der Waals surface area contributed by atoms with Gasteiger partial charge in [-0.2, -0.15) is 0 Å². The van der Waals surface area contributed by atoms with E-state index in [0.29, 0.717) is 23.4 Å². The average molecular weight is 367 g/mol. The van der Waals surface area contributed by atoms with Gasteiger partial charge in [0.25, 0.3) is 5.91 Å². The van der Waals surface area contributed by atoms with Crippen molar-refractivity contribution in [2.24, 2.45) is 0 Å². The van der Waals surface area contributed by atoms with Gasteiger partial charge in [-0.05, 0) is 37.5 Å². The zero-order valence-electron chi connectivity index (χ0n) is 13.9. The summed E-state index contributed by atoms with van der Waals surface area (Å²) in [5.41, 5.74) is 7.14. The molecule has 0 atom stereocenters. The van der Waals surface area contributed by atoms with Crippen molar-refractivity contribution < 1.29 is 14.7 Å². The van der Waals surface area contributed by atoms with Crippen molar-refractivity contribution in [2.75, 3.05) is 5.73 Å². The van der Waals surface area contributed by atoms with Gasteiger partial charge in [-0.15, -0.1) is 12.4 Å². The number of halogens is 1. The fourth-order valence-corrected chi connectivity index (χ4v) is 3.49. The molecule has 3 rings (SSSR count). The standard InChI is InChI=1S/C17H22N4O3.ClH/c18-16-19-12-5-4-11(10-13(12)20-16)15(24)21-17(9-6-14(22)23)7-2-1-3-8-17;/h4-5,10H,1-3,6-9H2,(H,21,24)(H,22,23)(H3,18,19,20);1H. The van der Waals surface area contributed by atoms with Crippen molar-refractivity contribution in [1.82, 2.24) is 15.3 Å². The van der Waals surface area contributed by atoms with Gasteiger partial charge in [0, 0.05) is 17.5 Å². The fraction of sp³-hybridized carbons (Fsp3) is 0.471. The van der Waals surface area contributed by atoms with Crippen LogP contribution in [0.3, 0.4) is 0 Å². The summed E-state index contributed by atoms with van der Waals surface area (Å²) in [6.07, 6.45) is 5.32. The molecular formula is C17H23ClN4O3. The Labute approximate surface area is 151 Å². The van der Waals surface area contributed by atoms with Gasteiger partial charge in [-0.25, -0.2) is 4.98 Å². The molecule has 1 amide bonds. The first-order valence-corrected chi connectivity index (χ1v) is 8.27. The molecule has 0 spiro atoms. The third-order valence-corrected chi connectivity index (χ3v) is 4.77. The summed E-state index contributed by atoms with van der Waals surface area (Å²) in [4.78, 5) is 30.7. The number of hydrogen-bond donors (Lipinski definition) is 4. The molecule has 1 fully saturated rings. The van der Waals surface area contributed by atoms with Crippen molar-refractivity contribution in [3.8, 4) is 0 Å². The Hall–Kier alpha value is -2.28. The lowest BCUT2D eigenvalue weighted by Gasteiger charge is -2.38. The summed E-state index contributed by atoms with van der Waals surface area (Å²) < 4.78 is 0. The van der Waals surface area contributed by atoms with Crippen molar-refractivity contribution in [1.29, 1.82) is 0 Å². The number of aromatic nitrogens is 2. The number of carbonyl (C=O) groups excluding carboxylic acids is 1. The number of carboxylic acids is 1. The number of nitrogens with zero attached hydrogens (tertiary/aromatic N) is 1.